The molecule has 1 saturated heterocycles. The molecule has 202 valence electrons. The van der Waals surface area contributed by atoms with Gasteiger partial charge in [-0.25, -0.2) is 0 Å². The minimum absolute atomic E-state index is 0.0656. The van der Waals surface area contributed by atoms with E-state index in [0.29, 0.717) is 37.8 Å². The molecule has 2 aliphatic rings. The Balaban J connectivity index is 1.65. The summed E-state index contributed by atoms with van der Waals surface area (Å²) in [7, 11) is 0. The highest BCUT2D eigenvalue weighted by molar-refractivity contribution is 6.05. The van der Waals surface area contributed by atoms with Crippen LogP contribution in [0.5, 0.6) is 5.75 Å². The van der Waals surface area contributed by atoms with Crippen molar-refractivity contribution in [3.8, 4) is 5.75 Å². The first kappa shape index (κ1) is 27.7. The third-order valence-corrected chi connectivity index (χ3v) is 7.80. The molecule has 4 rings (SSSR count). The van der Waals surface area contributed by atoms with E-state index in [1.807, 2.05) is 51.1 Å². The summed E-state index contributed by atoms with van der Waals surface area (Å²) in [5.74, 6) is -1.85. The molecule has 0 spiro atoms. The topological polar surface area (TPSA) is 111 Å². The number of nitrogens with zero attached hydrogens (tertiary/aromatic N) is 2. The Hall–Kier alpha value is -3.29. The number of fused-ring (bicyclic) bond motifs is 1. The summed E-state index contributed by atoms with van der Waals surface area (Å²) in [6.07, 6.45) is 4.75. The second-order valence-electron chi connectivity index (χ2n) is 10.6. The van der Waals surface area contributed by atoms with E-state index in [4.69, 9.17) is 0 Å². The largest absolute Gasteiger partial charge is 0.508 e. The van der Waals surface area contributed by atoms with Crippen molar-refractivity contribution >= 4 is 23.5 Å². The van der Waals surface area contributed by atoms with Crippen molar-refractivity contribution in [2.75, 3.05) is 13.2 Å². The third kappa shape index (κ3) is 5.59. The van der Waals surface area contributed by atoms with Gasteiger partial charge in [0.25, 0.3) is 0 Å². The molecule has 0 saturated carbocycles. The van der Waals surface area contributed by atoms with E-state index < -0.39 is 23.9 Å². The molecular formula is C31H38N2O5. The molecule has 7 nitrogen and oxygen atoms in total. The number of allylic oxidation sites excluding steroid dienone is 2. The molecule has 38 heavy (non-hydrogen) atoms. The van der Waals surface area contributed by atoms with Crippen molar-refractivity contribution in [1.82, 2.24) is 9.88 Å². The number of aromatic hydroxyl groups is 1. The number of aliphatic hydroxyl groups excluding tert-OH is 2. The number of benzene rings is 1. The van der Waals surface area contributed by atoms with E-state index in [9.17, 15) is 24.9 Å². The van der Waals surface area contributed by atoms with E-state index in [1.54, 1.807) is 24.4 Å². The van der Waals surface area contributed by atoms with Gasteiger partial charge in [0.05, 0.1) is 30.2 Å². The maximum Gasteiger partial charge on any atom is 0.233 e. The summed E-state index contributed by atoms with van der Waals surface area (Å²) in [6, 6.07) is 12.6. The van der Waals surface area contributed by atoms with Crippen LogP contribution in [0.15, 0.2) is 59.8 Å². The smallest absolute Gasteiger partial charge is 0.233 e. The summed E-state index contributed by atoms with van der Waals surface area (Å²) in [5.41, 5.74) is 4.17. The van der Waals surface area contributed by atoms with Crippen LogP contribution in [-0.2, 0) is 9.59 Å². The second-order valence-corrected chi connectivity index (χ2v) is 10.6. The number of phenolic OH excluding ortho intramolecular Hbond substituents is 1. The number of rotatable bonds is 10. The van der Waals surface area contributed by atoms with Gasteiger partial charge in [-0.2, -0.15) is 0 Å². The minimum Gasteiger partial charge on any atom is -0.508 e. The van der Waals surface area contributed by atoms with Gasteiger partial charge in [-0.15, -0.1) is 0 Å². The summed E-state index contributed by atoms with van der Waals surface area (Å²) in [6.45, 7) is 6.08. The second kappa shape index (κ2) is 12.0. The predicted molar refractivity (Wildman–Crippen MR) is 147 cm³/mol. The van der Waals surface area contributed by atoms with Crippen molar-refractivity contribution in [2.45, 2.75) is 52.6 Å². The van der Waals surface area contributed by atoms with E-state index in [0.717, 1.165) is 22.4 Å². The van der Waals surface area contributed by atoms with Crippen molar-refractivity contribution < 1.29 is 24.9 Å². The molecule has 3 N–H and O–H groups in total. The molecule has 0 radical (unpaired) electrons. The number of hydrogen-bond donors (Lipinski definition) is 3. The predicted octanol–water partition coefficient (Wildman–Crippen LogP) is 4.44. The van der Waals surface area contributed by atoms with Crippen LogP contribution in [0.4, 0.5) is 0 Å². The first-order valence-corrected chi connectivity index (χ1v) is 13.5. The van der Waals surface area contributed by atoms with E-state index in [-0.39, 0.29) is 30.1 Å². The fourth-order valence-electron chi connectivity index (χ4n) is 6.04. The molecule has 1 aromatic carbocycles. The van der Waals surface area contributed by atoms with Gasteiger partial charge >= 0.3 is 0 Å². The fourth-order valence-corrected chi connectivity index (χ4v) is 6.04. The van der Waals surface area contributed by atoms with Gasteiger partial charge in [-0.1, -0.05) is 44.5 Å². The van der Waals surface area contributed by atoms with Crippen LogP contribution < -0.4 is 0 Å². The van der Waals surface area contributed by atoms with Crippen LogP contribution in [0.2, 0.25) is 0 Å². The molecule has 2 aromatic rings. The lowest BCUT2D eigenvalue weighted by atomic mass is 9.66. The van der Waals surface area contributed by atoms with Crippen LogP contribution in [0, 0.1) is 23.7 Å². The van der Waals surface area contributed by atoms with Gasteiger partial charge in [0.1, 0.15) is 5.75 Å². The number of carbonyl (C=O) groups excluding carboxylic acids is 2. The number of aromatic nitrogens is 1. The van der Waals surface area contributed by atoms with Crippen molar-refractivity contribution in [3.63, 3.8) is 0 Å². The summed E-state index contributed by atoms with van der Waals surface area (Å²) >= 11 is 0. The van der Waals surface area contributed by atoms with E-state index in [2.05, 4.69) is 4.98 Å². The van der Waals surface area contributed by atoms with Crippen LogP contribution in [0.25, 0.3) is 11.6 Å². The van der Waals surface area contributed by atoms with Gasteiger partial charge in [0.2, 0.25) is 11.8 Å². The third-order valence-electron chi connectivity index (χ3n) is 7.80. The molecule has 0 unspecified atom stereocenters. The van der Waals surface area contributed by atoms with Crippen LogP contribution in [0.3, 0.4) is 0 Å². The lowest BCUT2D eigenvalue weighted by Gasteiger charge is -2.38. The molecule has 1 aliphatic heterocycles. The zero-order valence-electron chi connectivity index (χ0n) is 22.4. The molecule has 1 fully saturated rings. The lowest BCUT2D eigenvalue weighted by molar-refractivity contribution is -0.140. The van der Waals surface area contributed by atoms with Crippen molar-refractivity contribution in [1.29, 1.82) is 0 Å². The van der Waals surface area contributed by atoms with E-state index in [1.165, 1.54) is 4.90 Å². The van der Waals surface area contributed by atoms with Crippen molar-refractivity contribution in [2.24, 2.45) is 23.7 Å². The quantitative estimate of drug-likeness (QED) is 0.317. The molecule has 7 heteroatoms. The average molecular weight is 519 g/mol. The van der Waals surface area contributed by atoms with Crippen LogP contribution >= 0.6 is 0 Å². The maximum absolute atomic E-state index is 13.3. The number of carbonyl (C=O) groups is 2. The highest BCUT2D eigenvalue weighted by Gasteiger charge is 2.54. The van der Waals surface area contributed by atoms with Gasteiger partial charge in [0.15, 0.2) is 0 Å². The Kier molecular flexibility index (Phi) is 8.80. The minimum atomic E-state index is -0.884. The number of aliphatic hydroxyl groups is 2. The standard InChI is InChI=1S/C31H38N2O5/c1-4-14-33-30(37)24-17-23(19(2)3)28(25(18-34)29(24)31(33)38)27(36)12-11-21(26-10-5-6-13-32-26)15-20-8-7-9-22(35)16-20/h5-10,13,15-16,19,24-25,27,29,34-36H,4,11-12,14,17-18H2,1-3H3/b21-15-/t24-,25+,27-,29-/m1/s1. The molecule has 2 heterocycles. The lowest BCUT2D eigenvalue weighted by Crippen LogP contribution is -2.39. The monoisotopic (exact) mass is 518 g/mol. The van der Waals surface area contributed by atoms with Gasteiger partial charge in [-0.3, -0.25) is 19.5 Å². The van der Waals surface area contributed by atoms with Crippen LogP contribution in [-0.4, -0.2) is 56.3 Å². The number of pyridine rings is 1. The zero-order valence-corrected chi connectivity index (χ0v) is 22.4. The maximum atomic E-state index is 13.3. The normalized spacial score (nSPS) is 22.8. The number of likely N-dealkylation sites (tertiary alicyclic amines) is 1. The molecule has 1 aliphatic carbocycles. The SMILES string of the molecule is CCCN1C(=O)[C@@H]2[C@@H](CC(C(C)C)=C([C@H](O)CC/C(=C/c3cccc(O)c3)c3ccccn3)[C@@H]2CO)C1=O. The Morgan fingerprint density at radius 3 is 2.58 bits per heavy atom. The number of hydrogen-bond acceptors (Lipinski definition) is 6. The van der Waals surface area contributed by atoms with Crippen molar-refractivity contribution in [3.05, 3.63) is 71.1 Å². The Morgan fingerprint density at radius 1 is 1.16 bits per heavy atom. The zero-order chi connectivity index (χ0) is 27.4. The highest BCUT2D eigenvalue weighted by atomic mass is 16.3. The Labute approximate surface area is 224 Å². The molecular weight excluding hydrogens is 480 g/mol. The van der Waals surface area contributed by atoms with Gasteiger partial charge in [-0.05, 0) is 78.7 Å². The highest BCUT2D eigenvalue weighted by Crippen LogP contribution is 2.48. The summed E-state index contributed by atoms with van der Waals surface area (Å²) in [5, 5.41) is 32.0. The fraction of sp³-hybridized carbons (Fsp3) is 0.452. The summed E-state index contributed by atoms with van der Waals surface area (Å²) in [4.78, 5) is 32.3. The first-order chi connectivity index (χ1) is 18.3. The number of imide groups is 1. The van der Waals surface area contributed by atoms with Gasteiger partial charge in [0, 0.05) is 18.7 Å². The first-order valence-electron chi connectivity index (χ1n) is 13.5. The number of phenols is 1. The van der Waals surface area contributed by atoms with Crippen LogP contribution in [0.1, 0.15) is 57.7 Å². The molecule has 2 amide bonds. The number of amides is 2. The Bertz CT molecular complexity index is 1220. The molecule has 0 bridgehead atoms. The van der Waals surface area contributed by atoms with E-state index >= 15 is 0 Å². The average Bonchev–Trinajstić information content (AvgIpc) is 3.15. The Morgan fingerprint density at radius 2 is 1.95 bits per heavy atom. The summed E-state index contributed by atoms with van der Waals surface area (Å²) < 4.78 is 0. The molecule has 1 aromatic heterocycles. The molecule has 4 atom stereocenters. The van der Waals surface area contributed by atoms with Gasteiger partial charge < -0.3 is 15.3 Å².